The molecule has 0 spiro atoms. The third-order valence-corrected chi connectivity index (χ3v) is 3.33. The second-order valence-corrected chi connectivity index (χ2v) is 4.79. The van der Waals surface area contributed by atoms with Gasteiger partial charge in [0.1, 0.15) is 11.6 Å². The summed E-state index contributed by atoms with van der Waals surface area (Å²) in [5.74, 6) is -0.992. The van der Waals surface area contributed by atoms with Crippen LogP contribution in [-0.2, 0) is 6.42 Å². The average molecular weight is 283 g/mol. The van der Waals surface area contributed by atoms with Crippen molar-refractivity contribution in [3.05, 3.63) is 70.2 Å². The normalized spacial score (nSPS) is 12.4. The van der Waals surface area contributed by atoms with E-state index in [0.29, 0.717) is 6.42 Å². The monoisotopic (exact) mass is 282 g/mol. The van der Waals surface area contributed by atoms with Gasteiger partial charge in [0.25, 0.3) is 0 Å². The largest absolute Gasteiger partial charge is 0.396 e. The van der Waals surface area contributed by atoms with E-state index in [1.54, 1.807) is 18.2 Å². The molecule has 1 nitrogen and oxygen atoms in total. The molecule has 4 heteroatoms. The zero-order valence-electron chi connectivity index (χ0n) is 10.1. The molecule has 2 aromatic rings. The number of hydrogen-bond acceptors (Lipinski definition) is 1. The van der Waals surface area contributed by atoms with Gasteiger partial charge in [-0.25, -0.2) is 8.78 Å². The summed E-state index contributed by atoms with van der Waals surface area (Å²) in [4.78, 5) is 0. The number of rotatable bonds is 4. The van der Waals surface area contributed by atoms with Crippen molar-refractivity contribution in [1.82, 2.24) is 0 Å². The topological polar surface area (TPSA) is 20.2 Å². The van der Waals surface area contributed by atoms with Crippen LogP contribution in [0.3, 0.4) is 0 Å². The third kappa shape index (κ3) is 3.52. The Bertz CT molecular complexity index is 555. The predicted octanol–water partition coefficient (Wildman–Crippen LogP) is 3.94. The lowest BCUT2D eigenvalue weighted by atomic mass is 9.93. The van der Waals surface area contributed by atoms with Gasteiger partial charge in [-0.3, -0.25) is 0 Å². The minimum absolute atomic E-state index is 0.0751. The van der Waals surface area contributed by atoms with Crippen LogP contribution in [0.4, 0.5) is 8.78 Å². The fraction of sp³-hybridized carbons (Fsp3) is 0.200. The van der Waals surface area contributed by atoms with Gasteiger partial charge in [0.05, 0.1) is 11.6 Å². The molecular weight excluding hydrogens is 270 g/mol. The van der Waals surface area contributed by atoms with Crippen LogP contribution in [0.15, 0.2) is 42.5 Å². The summed E-state index contributed by atoms with van der Waals surface area (Å²) < 4.78 is 26.2. The van der Waals surface area contributed by atoms with E-state index < -0.39 is 5.82 Å². The molecule has 0 saturated heterocycles. The summed E-state index contributed by atoms with van der Waals surface area (Å²) in [5.41, 5.74) is 1.56. The van der Waals surface area contributed by atoms with Gasteiger partial charge >= 0.3 is 0 Å². The highest BCUT2D eigenvalue weighted by Gasteiger charge is 2.12. The van der Waals surface area contributed by atoms with Crippen LogP contribution in [0.1, 0.15) is 17.0 Å². The molecule has 0 bridgehead atoms. The molecule has 0 amide bonds. The molecule has 2 aromatic carbocycles. The molecule has 0 saturated carbocycles. The van der Waals surface area contributed by atoms with Gasteiger partial charge in [-0.05, 0) is 41.8 Å². The minimum atomic E-state index is -0.477. The van der Waals surface area contributed by atoms with Gasteiger partial charge in [-0.15, -0.1) is 0 Å². The van der Waals surface area contributed by atoms with Crippen molar-refractivity contribution in [2.45, 2.75) is 12.3 Å². The van der Waals surface area contributed by atoms with E-state index in [4.69, 9.17) is 11.6 Å². The first-order valence-corrected chi connectivity index (χ1v) is 6.28. The molecule has 2 rings (SSSR count). The summed E-state index contributed by atoms with van der Waals surface area (Å²) in [7, 11) is 0. The molecule has 0 fully saturated rings. The molecule has 19 heavy (non-hydrogen) atoms. The smallest absolute Gasteiger partial charge is 0.142 e. The predicted molar refractivity (Wildman–Crippen MR) is 71.3 cm³/mol. The van der Waals surface area contributed by atoms with Crippen molar-refractivity contribution >= 4 is 11.6 Å². The van der Waals surface area contributed by atoms with Crippen molar-refractivity contribution in [1.29, 1.82) is 0 Å². The van der Waals surface area contributed by atoms with E-state index >= 15 is 0 Å². The van der Waals surface area contributed by atoms with Crippen molar-refractivity contribution in [2.24, 2.45) is 0 Å². The Hall–Kier alpha value is -1.45. The summed E-state index contributed by atoms with van der Waals surface area (Å²) in [6, 6.07) is 10.5. The van der Waals surface area contributed by atoms with Gasteiger partial charge in [0.2, 0.25) is 0 Å². The fourth-order valence-corrected chi connectivity index (χ4v) is 2.09. The van der Waals surface area contributed by atoms with E-state index in [-0.39, 0.29) is 23.4 Å². The fourth-order valence-electron chi connectivity index (χ4n) is 1.97. The summed E-state index contributed by atoms with van der Waals surface area (Å²) in [5, 5.41) is 9.50. The second kappa shape index (κ2) is 6.13. The van der Waals surface area contributed by atoms with Crippen LogP contribution in [0.5, 0.6) is 0 Å². The molecule has 0 aliphatic heterocycles. The number of aliphatic hydroxyl groups is 1. The molecule has 0 aromatic heterocycles. The Morgan fingerprint density at radius 1 is 1.05 bits per heavy atom. The van der Waals surface area contributed by atoms with Crippen LogP contribution in [0, 0.1) is 11.6 Å². The van der Waals surface area contributed by atoms with Gasteiger partial charge in [0.15, 0.2) is 0 Å². The Morgan fingerprint density at radius 2 is 1.74 bits per heavy atom. The SMILES string of the molecule is OCC(Cc1ccc(Cl)c(F)c1)c1ccc(F)cc1. The van der Waals surface area contributed by atoms with Crippen LogP contribution < -0.4 is 0 Å². The van der Waals surface area contributed by atoms with Crippen LogP contribution in [0.25, 0.3) is 0 Å². The number of halogens is 3. The van der Waals surface area contributed by atoms with Crippen LogP contribution in [0.2, 0.25) is 5.02 Å². The number of benzene rings is 2. The Morgan fingerprint density at radius 3 is 2.32 bits per heavy atom. The van der Waals surface area contributed by atoms with E-state index in [1.165, 1.54) is 24.3 Å². The number of aliphatic hydroxyl groups excluding tert-OH is 1. The standard InChI is InChI=1S/C15H13ClF2O/c16-14-6-1-10(8-15(14)18)7-12(9-19)11-2-4-13(17)5-3-11/h1-6,8,12,19H,7,9H2. The molecule has 1 atom stereocenters. The second-order valence-electron chi connectivity index (χ2n) is 4.38. The first-order valence-electron chi connectivity index (χ1n) is 5.90. The molecular formula is C15H13ClF2O. The molecule has 1 unspecified atom stereocenters. The molecule has 0 heterocycles. The Balaban J connectivity index is 2.18. The first-order chi connectivity index (χ1) is 9.10. The highest BCUT2D eigenvalue weighted by atomic mass is 35.5. The van der Waals surface area contributed by atoms with Crippen LogP contribution >= 0.6 is 11.6 Å². The zero-order valence-corrected chi connectivity index (χ0v) is 10.9. The lowest BCUT2D eigenvalue weighted by Crippen LogP contribution is -2.08. The summed E-state index contributed by atoms with van der Waals surface area (Å²) >= 11 is 5.62. The van der Waals surface area contributed by atoms with Gasteiger partial charge in [0, 0.05) is 5.92 Å². The maximum absolute atomic E-state index is 13.3. The lowest BCUT2D eigenvalue weighted by molar-refractivity contribution is 0.264. The average Bonchev–Trinajstić information content (AvgIpc) is 2.41. The summed E-state index contributed by atoms with van der Waals surface area (Å²) in [6.45, 7) is -0.0874. The van der Waals surface area contributed by atoms with Crippen molar-refractivity contribution in [3.63, 3.8) is 0 Å². The minimum Gasteiger partial charge on any atom is -0.396 e. The maximum Gasteiger partial charge on any atom is 0.142 e. The van der Waals surface area contributed by atoms with Gasteiger partial charge < -0.3 is 5.11 Å². The summed E-state index contributed by atoms with van der Waals surface area (Å²) in [6.07, 6.45) is 0.468. The molecule has 100 valence electrons. The third-order valence-electron chi connectivity index (χ3n) is 3.03. The van der Waals surface area contributed by atoms with E-state index in [0.717, 1.165) is 11.1 Å². The van der Waals surface area contributed by atoms with E-state index in [2.05, 4.69) is 0 Å². The van der Waals surface area contributed by atoms with Gasteiger partial charge in [-0.1, -0.05) is 29.8 Å². The highest BCUT2D eigenvalue weighted by molar-refractivity contribution is 6.30. The molecule has 0 aliphatic carbocycles. The molecule has 0 aliphatic rings. The molecule has 1 N–H and O–H groups in total. The van der Waals surface area contributed by atoms with Gasteiger partial charge in [-0.2, -0.15) is 0 Å². The highest BCUT2D eigenvalue weighted by Crippen LogP contribution is 2.23. The lowest BCUT2D eigenvalue weighted by Gasteiger charge is -2.15. The molecule has 0 radical (unpaired) electrons. The first kappa shape index (κ1) is 14.0. The quantitative estimate of drug-likeness (QED) is 0.901. The van der Waals surface area contributed by atoms with Crippen molar-refractivity contribution in [2.75, 3.05) is 6.61 Å². The van der Waals surface area contributed by atoms with Crippen LogP contribution in [-0.4, -0.2) is 11.7 Å². The number of hydrogen-bond donors (Lipinski definition) is 1. The van der Waals surface area contributed by atoms with E-state index in [1.807, 2.05) is 0 Å². The Kier molecular flexibility index (Phi) is 4.51. The zero-order chi connectivity index (χ0) is 13.8. The van der Waals surface area contributed by atoms with E-state index in [9.17, 15) is 13.9 Å². The van der Waals surface area contributed by atoms with Crippen molar-refractivity contribution < 1.29 is 13.9 Å². The van der Waals surface area contributed by atoms with Crippen molar-refractivity contribution in [3.8, 4) is 0 Å². The maximum atomic E-state index is 13.3. The Labute approximate surface area is 115 Å².